The normalized spacial score (nSPS) is 29.9. The first-order valence-corrected chi connectivity index (χ1v) is 6.20. The molecule has 3 rings (SSSR count). The zero-order valence-electron chi connectivity index (χ0n) is 9.94. The third-order valence-electron chi connectivity index (χ3n) is 3.90. The van der Waals surface area contributed by atoms with E-state index in [0.717, 1.165) is 18.9 Å². The third-order valence-corrected chi connectivity index (χ3v) is 3.90. The van der Waals surface area contributed by atoms with E-state index < -0.39 is 17.8 Å². The average molecular weight is 257 g/mol. The van der Waals surface area contributed by atoms with Gasteiger partial charge in [0.1, 0.15) is 5.82 Å². The van der Waals surface area contributed by atoms with Gasteiger partial charge in [0.25, 0.3) is 5.92 Å². The van der Waals surface area contributed by atoms with Crippen molar-refractivity contribution in [2.24, 2.45) is 17.6 Å². The maximum atomic E-state index is 13.3. The van der Waals surface area contributed by atoms with Crippen LogP contribution in [-0.4, -0.2) is 41.9 Å². The number of aromatic nitrogens is 2. The van der Waals surface area contributed by atoms with Crippen LogP contribution in [0.3, 0.4) is 0 Å². The van der Waals surface area contributed by atoms with Crippen LogP contribution < -0.4 is 16.4 Å². The van der Waals surface area contributed by atoms with Crippen LogP contribution >= 0.6 is 0 Å². The zero-order valence-corrected chi connectivity index (χ0v) is 9.94. The molecule has 0 amide bonds. The summed E-state index contributed by atoms with van der Waals surface area (Å²) in [5.41, 5.74) is 5.32. The van der Waals surface area contributed by atoms with E-state index in [1.165, 1.54) is 0 Å². The highest BCUT2D eigenvalue weighted by molar-refractivity contribution is 5.36. The van der Waals surface area contributed by atoms with Crippen LogP contribution in [0.5, 0.6) is 0 Å². The van der Waals surface area contributed by atoms with E-state index >= 15 is 0 Å². The van der Waals surface area contributed by atoms with E-state index in [-0.39, 0.29) is 13.1 Å². The first-order valence-electron chi connectivity index (χ1n) is 6.20. The lowest BCUT2D eigenvalue weighted by atomic mass is 10.2. The molecule has 18 heavy (non-hydrogen) atoms. The number of nitrogens with two attached hydrogens (primary N) is 1. The number of anilines is 1. The van der Waals surface area contributed by atoms with E-state index in [1.807, 2.05) is 10.7 Å². The fourth-order valence-corrected chi connectivity index (χ4v) is 2.47. The number of alkyl halides is 2. The topological polar surface area (TPSA) is 67.9 Å². The number of halogens is 2. The van der Waals surface area contributed by atoms with Gasteiger partial charge < -0.3 is 16.4 Å². The summed E-state index contributed by atoms with van der Waals surface area (Å²) in [5.74, 6) is -3.12. The van der Waals surface area contributed by atoms with Crippen LogP contribution in [0.2, 0.25) is 0 Å². The number of hydrogen-bond donors (Lipinski definition) is 3. The van der Waals surface area contributed by atoms with Crippen molar-refractivity contribution in [2.45, 2.75) is 12.0 Å². The molecule has 1 aromatic heterocycles. The fraction of sp³-hybridized carbons (Fsp3) is 0.727. The Balaban J connectivity index is 1.59. The van der Waals surface area contributed by atoms with Crippen LogP contribution in [0.1, 0.15) is 6.04 Å². The van der Waals surface area contributed by atoms with E-state index in [1.54, 1.807) is 6.20 Å². The van der Waals surface area contributed by atoms with Crippen LogP contribution in [0.15, 0.2) is 12.3 Å². The summed E-state index contributed by atoms with van der Waals surface area (Å²) in [6, 6.07) is 2.14. The number of hydrogen-bond acceptors (Lipinski definition) is 4. The molecular weight excluding hydrogens is 240 g/mol. The van der Waals surface area contributed by atoms with Gasteiger partial charge in [0.05, 0.1) is 18.2 Å². The minimum Gasteiger partial charge on any atom is -0.370 e. The average Bonchev–Trinajstić information content (AvgIpc) is 2.60. The molecule has 100 valence electrons. The van der Waals surface area contributed by atoms with Gasteiger partial charge in [-0.3, -0.25) is 0 Å². The second kappa shape index (κ2) is 4.17. The van der Waals surface area contributed by atoms with E-state index in [9.17, 15) is 8.78 Å². The Labute approximate surface area is 104 Å². The Morgan fingerprint density at radius 2 is 2.28 bits per heavy atom. The summed E-state index contributed by atoms with van der Waals surface area (Å²) in [6.45, 7) is 2.05. The molecule has 1 aliphatic carbocycles. The molecule has 5 nitrogen and oxygen atoms in total. The lowest BCUT2D eigenvalue weighted by Gasteiger charge is -2.28. The summed E-state index contributed by atoms with van der Waals surface area (Å²) < 4.78 is 28.4. The zero-order chi connectivity index (χ0) is 12.8. The van der Waals surface area contributed by atoms with Crippen molar-refractivity contribution in [1.29, 1.82) is 0 Å². The molecule has 2 aliphatic rings. The Bertz CT molecular complexity index is 429. The van der Waals surface area contributed by atoms with Gasteiger partial charge in [-0.05, 0) is 0 Å². The van der Waals surface area contributed by atoms with Gasteiger partial charge >= 0.3 is 0 Å². The molecule has 4 N–H and O–H groups in total. The van der Waals surface area contributed by atoms with Gasteiger partial charge in [0.15, 0.2) is 0 Å². The minimum absolute atomic E-state index is 0.0468. The van der Waals surface area contributed by atoms with Gasteiger partial charge in [0, 0.05) is 38.2 Å². The lowest BCUT2D eigenvalue weighted by molar-refractivity contribution is 0.0869. The molecule has 2 atom stereocenters. The molecule has 7 heteroatoms. The highest BCUT2D eigenvalue weighted by atomic mass is 19.3. The Hall–Kier alpha value is -1.21. The van der Waals surface area contributed by atoms with Crippen LogP contribution in [0.4, 0.5) is 14.6 Å². The van der Waals surface area contributed by atoms with E-state index in [0.29, 0.717) is 6.04 Å². The van der Waals surface area contributed by atoms with Crippen molar-refractivity contribution in [1.82, 2.24) is 15.1 Å². The number of nitrogens with one attached hydrogen (secondary N) is 2. The Morgan fingerprint density at radius 3 is 2.83 bits per heavy atom. The molecule has 0 bridgehead atoms. The fourth-order valence-electron chi connectivity index (χ4n) is 2.47. The van der Waals surface area contributed by atoms with Crippen LogP contribution in [0, 0.1) is 11.8 Å². The van der Waals surface area contributed by atoms with Crippen molar-refractivity contribution in [3.63, 3.8) is 0 Å². The maximum absolute atomic E-state index is 13.3. The van der Waals surface area contributed by atoms with Gasteiger partial charge in [-0.25, -0.2) is 13.5 Å². The largest absolute Gasteiger partial charge is 0.370 e. The SMILES string of the molecule is NC[C@@H]1[C@H](CNc2ccnn2C2CNC2)C1(F)F. The smallest absolute Gasteiger partial charge is 0.257 e. The summed E-state index contributed by atoms with van der Waals surface area (Å²) >= 11 is 0. The molecule has 0 radical (unpaired) electrons. The lowest BCUT2D eigenvalue weighted by Crippen LogP contribution is -2.44. The first-order chi connectivity index (χ1) is 8.64. The molecule has 0 unspecified atom stereocenters. The van der Waals surface area contributed by atoms with Crippen molar-refractivity contribution in [3.05, 3.63) is 12.3 Å². The second-order valence-electron chi connectivity index (χ2n) is 4.98. The summed E-state index contributed by atoms with van der Waals surface area (Å²) in [6.07, 6.45) is 1.69. The summed E-state index contributed by atoms with van der Waals surface area (Å²) in [5, 5.41) is 10.4. The predicted molar refractivity (Wildman–Crippen MR) is 63.6 cm³/mol. The Morgan fingerprint density at radius 1 is 1.50 bits per heavy atom. The monoisotopic (exact) mass is 257 g/mol. The van der Waals surface area contributed by atoms with Crippen LogP contribution in [0.25, 0.3) is 0 Å². The van der Waals surface area contributed by atoms with Crippen molar-refractivity contribution >= 4 is 5.82 Å². The van der Waals surface area contributed by atoms with E-state index in [4.69, 9.17) is 5.73 Å². The molecule has 2 heterocycles. The predicted octanol–water partition coefficient (Wildman–Crippen LogP) is 0.279. The van der Waals surface area contributed by atoms with Gasteiger partial charge in [-0.2, -0.15) is 5.10 Å². The first kappa shape index (κ1) is 11.9. The highest BCUT2D eigenvalue weighted by Gasteiger charge is 2.66. The second-order valence-corrected chi connectivity index (χ2v) is 4.98. The quantitative estimate of drug-likeness (QED) is 0.709. The molecule has 0 spiro atoms. The standard InChI is InChI=1S/C11H17F2N5/c12-11(13)8(3-14)9(11)6-16-10-1-2-17-18(10)7-4-15-5-7/h1-2,7-9,15-16H,3-6,14H2/t8-,9+/m1/s1. The summed E-state index contributed by atoms with van der Waals surface area (Å²) in [7, 11) is 0. The maximum Gasteiger partial charge on any atom is 0.257 e. The van der Waals surface area contributed by atoms with Gasteiger partial charge in [-0.15, -0.1) is 0 Å². The highest BCUT2D eigenvalue weighted by Crippen LogP contribution is 2.54. The molecule has 1 saturated heterocycles. The molecular formula is C11H17F2N5. The van der Waals surface area contributed by atoms with Gasteiger partial charge in [-0.1, -0.05) is 0 Å². The van der Waals surface area contributed by atoms with Crippen molar-refractivity contribution < 1.29 is 8.78 Å². The number of rotatable bonds is 5. The Kier molecular flexibility index (Phi) is 2.74. The summed E-state index contributed by atoms with van der Waals surface area (Å²) in [4.78, 5) is 0. The molecule has 2 fully saturated rings. The van der Waals surface area contributed by atoms with Crippen molar-refractivity contribution in [3.8, 4) is 0 Å². The minimum atomic E-state index is -2.61. The number of nitrogens with zero attached hydrogens (tertiary/aromatic N) is 2. The van der Waals surface area contributed by atoms with Crippen molar-refractivity contribution in [2.75, 3.05) is 31.5 Å². The molecule has 1 aliphatic heterocycles. The molecule has 1 saturated carbocycles. The van der Waals surface area contributed by atoms with Crippen LogP contribution in [-0.2, 0) is 0 Å². The van der Waals surface area contributed by atoms with E-state index in [2.05, 4.69) is 15.7 Å². The third kappa shape index (κ3) is 1.78. The van der Waals surface area contributed by atoms with Gasteiger partial charge in [0.2, 0.25) is 0 Å². The molecule has 0 aromatic carbocycles. The molecule has 1 aromatic rings.